The lowest BCUT2D eigenvalue weighted by Gasteiger charge is -2.11. The van der Waals surface area contributed by atoms with Gasteiger partial charge >= 0.3 is 6.18 Å². The molecule has 1 unspecified atom stereocenters. The molecule has 62 valence electrons. The highest BCUT2D eigenvalue weighted by Gasteiger charge is 2.29. The molecule has 2 nitrogen and oxygen atoms in total. The fourth-order valence-electron chi connectivity index (χ4n) is 0.613. The number of hydrogen-bond donors (Lipinski definition) is 2. The van der Waals surface area contributed by atoms with Crippen LogP contribution in [0.15, 0.2) is 0 Å². The lowest BCUT2D eigenvalue weighted by atomic mass is 10.1. The molecule has 0 rings (SSSR count). The zero-order valence-electron chi connectivity index (χ0n) is 5.49. The maximum Gasteiger partial charge on any atom is 0.390 e. The van der Waals surface area contributed by atoms with Gasteiger partial charge in [0.05, 0.1) is 6.42 Å². The van der Waals surface area contributed by atoms with Crippen LogP contribution in [0.1, 0.15) is 12.8 Å². The summed E-state index contributed by atoms with van der Waals surface area (Å²) in [5.41, 5.74) is 10.1. The third kappa shape index (κ3) is 5.84. The average molecular weight is 156 g/mol. The number of rotatable bonds is 3. The van der Waals surface area contributed by atoms with Gasteiger partial charge in [-0.2, -0.15) is 13.2 Å². The van der Waals surface area contributed by atoms with Gasteiger partial charge in [0.2, 0.25) is 0 Å². The molecule has 0 aromatic carbocycles. The van der Waals surface area contributed by atoms with Gasteiger partial charge in [0, 0.05) is 6.04 Å². The Morgan fingerprint density at radius 2 is 1.80 bits per heavy atom. The minimum Gasteiger partial charge on any atom is -0.330 e. The molecular formula is C5H11F3N2. The maximum absolute atomic E-state index is 11.5. The van der Waals surface area contributed by atoms with E-state index in [2.05, 4.69) is 0 Å². The van der Waals surface area contributed by atoms with Crippen LogP contribution in [0.5, 0.6) is 0 Å². The zero-order chi connectivity index (χ0) is 8.20. The lowest BCUT2D eigenvalue weighted by molar-refractivity contribution is -0.138. The number of nitrogens with two attached hydrogens (primary N) is 2. The van der Waals surface area contributed by atoms with E-state index in [9.17, 15) is 13.2 Å². The largest absolute Gasteiger partial charge is 0.390 e. The van der Waals surface area contributed by atoms with Crippen LogP contribution in [-0.2, 0) is 0 Å². The molecule has 0 saturated carbocycles. The van der Waals surface area contributed by atoms with Gasteiger partial charge in [-0.1, -0.05) is 0 Å². The Kier molecular flexibility index (Phi) is 3.67. The molecule has 0 aliphatic heterocycles. The summed E-state index contributed by atoms with van der Waals surface area (Å²) in [5, 5.41) is 0. The molecule has 5 heteroatoms. The van der Waals surface area contributed by atoms with Crippen molar-refractivity contribution in [2.45, 2.75) is 25.1 Å². The third-order valence-corrected chi connectivity index (χ3v) is 1.03. The van der Waals surface area contributed by atoms with E-state index in [4.69, 9.17) is 11.5 Å². The van der Waals surface area contributed by atoms with Crippen LogP contribution >= 0.6 is 0 Å². The van der Waals surface area contributed by atoms with Crippen molar-refractivity contribution in [2.24, 2.45) is 11.5 Å². The van der Waals surface area contributed by atoms with Crippen LogP contribution in [-0.4, -0.2) is 18.8 Å². The fraction of sp³-hybridized carbons (Fsp3) is 1.00. The van der Waals surface area contributed by atoms with Gasteiger partial charge in [0.25, 0.3) is 0 Å². The number of hydrogen-bond acceptors (Lipinski definition) is 2. The molecule has 10 heavy (non-hydrogen) atoms. The summed E-state index contributed by atoms with van der Waals surface area (Å²) >= 11 is 0. The Balaban J connectivity index is 3.47. The number of alkyl halides is 3. The zero-order valence-corrected chi connectivity index (χ0v) is 5.49. The van der Waals surface area contributed by atoms with Crippen molar-refractivity contribution >= 4 is 0 Å². The molecule has 0 spiro atoms. The highest BCUT2D eigenvalue weighted by Crippen LogP contribution is 2.21. The van der Waals surface area contributed by atoms with Crippen LogP contribution < -0.4 is 11.5 Å². The second-order valence-electron chi connectivity index (χ2n) is 2.16. The van der Waals surface area contributed by atoms with Gasteiger partial charge in [0.1, 0.15) is 0 Å². The Bertz CT molecular complexity index is 91.4. The summed E-state index contributed by atoms with van der Waals surface area (Å²) < 4.78 is 34.5. The van der Waals surface area contributed by atoms with Crippen molar-refractivity contribution < 1.29 is 13.2 Å². The molecule has 0 bridgehead atoms. The molecule has 0 heterocycles. The van der Waals surface area contributed by atoms with Crippen molar-refractivity contribution in [3.8, 4) is 0 Å². The van der Waals surface area contributed by atoms with E-state index >= 15 is 0 Å². The Hall–Kier alpha value is -0.290. The Morgan fingerprint density at radius 1 is 1.30 bits per heavy atom. The molecule has 0 fully saturated rings. The quantitative estimate of drug-likeness (QED) is 0.629. The maximum atomic E-state index is 11.5. The molecule has 0 aliphatic rings. The molecule has 0 radical (unpaired) electrons. The molecule has 0 saturated heterocycles. The first-order valence-electron chi connectivity index (χ1n) is 2.98. The Labute approximate surface area is 57.4 Å². The second kappa shape index (κ2) is 3.78. The summed E-state index contributed by atoms with van der Waals surface area (Å²) in [7, 11) is 0. The molecule has 4 N–H and O–H groups in total. The van der Waals surface area contributed by atoms with Crippen molar-refractivity contribution in [3.63, 3.8) is 0 Å². The van der Waals surface area contributed by atoms with E-state index in [1.54, 1.807) is 0 Å². The van der Waals surface area contributed by atoms with Crippen molar-refractivity contribution in [3.05, 3.63) is 0 Å². The monoisotopic (exact) mass is 156 g/mol. The van der Waals surface area contributed by atoms with Gasteiger partial charge in [-0.3, -0.25) is 0 Å². The van der Waals surface area contributed by atoms with Gasteiger partial charge in [-0.05, 0) is 13.0 Å². The highest BCUT2D eigenvalue weighted by molar-refractivity contribution is 4.66. The second-order valence-corrected chi connectivity index (χ2v) is 2.16. The summed E-state index contributed by atoms with van der Waals surface area (Å²) in [6.07, 6.45) is -4.88. The fourth-order valence-corrected chi connectivity index (χ4v) is 0.613. The van der Waals surface area contributed by atoms with E-state index in [1.165, 1.54) is 0 Å². The first-order valence-corrected chi connectivity index (χ1v) is 2.98. The average Bonchev–Trinajstić information content (AvgIpc) is 1.59. The van der Waals surface area contributed by atoms with Gasteiger partial charge < -0.3 is 11.5 Å². The summed E-state index contributed by atoms with van der Waals surface area (Å²) in [6.45, 7) is 0.206. The smallest absolute Gasteiger partial charge is 0.330 e. The minimum atomic E-state index is -4.16. The Morgan fingerprint density at radius 3 is 2.10 bits per heavy atom. The topological polar surface area (TPSA) is 52.0 Å². The molecule has 0 aliphatic carbocycles. The van der Waals surface area contributed by atoms with E-state index < -0.39 is 18.6 Å². The highest BCUT2D eigenvalue weighted by atomic mass is 19.4. The van der Waals surface area contributed by atoms with Crippen LogP contribution in [0.4, 0.5) is 13.2 Å². The summed E-state index contributed by atoms with van der Waals surface area (Å²) in [4.78, 5) is 0. The molecule has 0 aromatic rings. The van der Waals surface area contributed by atoms with E-state index in [1.807, 2.05) is 0 Å². The first-order chi connectivity index (χ1) is 4.45. The lowest BCUT2D eigenvalue weighted by Crippen LogP contribution is -2.29. The van der Waals surface area contributed by atoms with Crippen molar-refractivity contribution in [1.29, 1.82) is 0 Å². The van der Waals surface area contributed by atoms with Crippen molar-refractivity contribution in [2.75, 3.05) is 6.54 Å². The SMILES string of the molecule is NCCC(N)CC(F)(F)F. The standard InChI is InChI=1S/C5H11F3N2/c6-5(7,8)3-4(10)1-2-9/h4H,1-3,9-10H2. The first kappa shape index (κ1) is 9.71. The molecule has 1 atom stereocenters. The summed E-state index contributed by atoms with van der Waals surface area (Å²) in [5.74, 6) is 0. The van der Waals surface area contributed by atoms with E-state index in [-0.39, 0.29) is 13.0 Å². The third-order valence-electron chi connectivity index (χ3n) is 1.03. The van der Waals surface area contributed by atoms with Gasteiger partial charge in [-0.15, -0.1) is 0 Å². The van der Waals surface area contributed by atoms with E-state index in [0.29, 0.717) is 0 Å². The van der Waals surface area contributed by atoms with Crippen LogP contribution in [0.3, 0.4) is 0 Å². The number of halogens is 3. The molecular weight excluding hydrogens is 145 g/mol. The van der Waals surface area contributed by atoms with Crippen LogP contribution in [0.25, 0.3) is 0 Å². The predicted octanol–water partition coefficient (Wildman–Crippen LogP) is 0.615. The summed E-state index contributed by atoms with van der Waals surface area (Å²) in [6, 6.07) is -0.843. The minimum absolute atomic E-state index is 0.206. The van der Waals surface area contributed by atoms with Crippen LogP contribution in [0, 0.1) is 0 Å². The predicted molar refractivity (Wildman–Crippen MR) is 32.3 cm³/mol. The normalized spacial score (nSPS) is 15.3. The van der Waals surface area contributed by atoms with E-state index in [0.717, 1.165) is 0 Å². The molecule has 0 aromatic heterocycles. The van der Waals surface area contributed by atoms with Crippen LogP contribution in [0.2, 0.25) is 0 Å². The molecule has 0 amide bonds. The van der Waals surface area contributed by atoms with Gasteiger partial charge in [0.15, 0.2) is 0 Å². The van der Waals surface area contributed by atoms with Crippen molar-refractivity contribution in [1.82, 2.24) is 0 Å². The van der Waals surface area contributed by atoms with Gasteiger partial charge in [-0.25, -0.2) is 0 Å².